The molecule has 18 heavy (non-hydrogen) atoms. The number of anilines is 1. The molecular formula is C14H18N4. The summed E-state index contributed by atoms with van der Waals surface area (Å²) >= 11 is 0. The van der Waals surface area contributed by atoms with Crippen LogP contribution in [0.4, 0.5) is 5.82 Å². The zero-order valence-corrected chi connectivity index (χ0v) is 10.8. The number of nitrogens with one attached hydrogen (secondary N) is 1. The summed E-state index contributed by atoms with van der Waals surface area (Å²) in [6.07, 6.45) is 5.50. The van der Waals surface area contributed by atoms with E-state index in [1.54, 1.807) is 12.4 Å². The first-order valence-corrected chi connectivity index (χ1v) is 6.35. The van der Waals surface area contributed by atoms with Crippen LogP contribution < -0.4 is 5.32 Å². The molecule has 2 rings (SSSR count). The van der Waals surface area contributed by atoms with E-state index < -0.39 is 0 Å². The van der Waals surface area contributed by atoms with Crippen molar-refractivity contribution < 1.29 is 0 Å². The average molecular weight is 242 g/mol. The lowest BCUT2D eigenvalue weighted by atomic mass is 10.2. The van der Waals surface area contributed by atoms with Crippen molar-refractivity contribution in [1.82, 2.24) is 15.0 Å². The van der Waals surface area contributed by atoms with Gasteiger partial charge in [0.1, 0.15) is 5.82 Å². The first-order chi connectivity index (χ1) is 8.83. The van der Waals surface area contributed by atoms with Crippen molar-refractivity contribution in [2.75, 3.05) is 11.9 Å². The van der Waals surface area contributed by atoms with E-state index in [1.807, 2.05) is 18.2 Å². The number of aromatic nitrogens is 3. The Labute approximate surface area is 108 Å². The van der Waals surface area contributed by atoms with E-state index in [4.69, 9.17) is 0 Å². The van der Waals surface area contributed by atoms with E-state index >= 15 is 0 Å². The van der Waals surface area contributed by atoms with Crippen molar-refractivity contribution in [2.24, 2.45) is 0 Å². The fourth-order valence-electron chi connectivity index (χ4n) is 1.65. The third kappa shape index (κ3) is 3.03. The van der Waals surface area contributed by atoms with Crippen molar-refractivity contribution >= 4 is 5.82 Å². The maximum Gasteiger partial charge on any atom is 0.161 e. The van der Waals surface area contributed by atoms with Crippen LogP contribution in [-0.4, -0.2) is 21.5 Å². The molecule has 0 aliphatic heterocycles. The molecule has 2 aromatic rings. The lowest BCUT2D eigenvalue weighted by molar-refractivity contribution is 0.951. The minimum atomic E-state index is 0.760. The summed E-state index contributed by atoms with van der Waals surface area (Å²) in [6.45, 7) is 5.16. The minimum Gasteiger partial charge on any atom is -0.370 e. The number of aryl methyl sites for hydroxylation is 1. The highest BCUT2D eigenvalue weighted by Crippen LogP contribution is 2.17. The predicted molar refractivity (Wildman–Crippen MR) is 73.4 cm³/mol. The lowest BCUT2D eigenvalue weighted by Gasteiger charge is -2.08. The standard InChI is InChI=1S/C14H18N4/c1-3-7-16-13-10-12(4-2)17-14(18-13)11-5-8-15-9-6-11/h5-6,8-10H,3-4,7H2,1-2H3,(H,16,17,18). The fourth-order valence-corrected chi connectivity index (χ4v) is 1.65. The summed E-state index contributed by atoms with van der Waals surface area (Å²) in [5, 5.41) is 3.31. The van der Waals surface area contributed by atoms with Crippen LogP contribution in [0.2, 0.25) is 0 Å². The van der Waals surface area contributed by atoms with Crippen molar-refractivity contribution in [1.29, 1.82) is 0 Å². The number of hydrogen-bond acceptors (Lipinski definition) is 4. The van der Waals surface area contributed by atoms with Crippen LogP contribution in [0.15, 0.2) is 30.6 Å². The van der Waals surface area contributed by atoms with Gasteiger partial charge in [0.05, 0.1) is 0 Å². The van der Waals surface area contributed by atoms with Gasteiger partial charge in [0.2, 0.25) is 0 Å². The van der Waals surface area contributed by atoms with E-state index in [2.05, 4.69) is 34.1 Å². The highest BCUT2D eigenvalue weighted by atomic mass is 15.0. The van der Waals surface area contributed by atoms with Gasteiger partial charge in [-0.1, -0.05) is 13.8 Å². The molecule has 0 saturated heterocycles. The van der Waals surface area contributed by atoms with Gasteiger partial charge in [-0.3, -0.25) is 4.98 Å². The molecule has 2 heterocycles. The van der Waals surface area contributed by atoms with Crippen LogP contribution in [0.3, 0.4) is 0 Å². The van der Waals surface area contributed by atoms with Crippen molar-refractivity contribution in [3.8, 4) is 11.4 Å². The predicted octanol–water partition coefficient (Wildman–Crippen LogP) is 2.92. The van der Waals surface area contributed by atoms with Gasteiger partial charge < -0.3 is 5.32 Å². The smallest absolute Gasteiger partial charge is 0.161 e. The topological polar surface area (TPSA) is 50.7 Å². The van der Waals surface area contributed by atoms with Gasteiger partial charge >= 0.3 is 0 Å². The van der Waals surface area contributed by atoms with Crippen LogP contribution >= 0.6 is 0 Å². The van der Waals surface area contributed by atoms with Gasteiger partial charge in [-0.25, -0.2) is 9.97 Å². The third-order valence-electron chi connectivity index (χ3n) is 2.64. The molecule has 0 saturated carbocycles. The highest BCUT2D eigenvalue weighted by Gasteiger charge is 2.05. The summed E-state index contributed by atoms with van der Waals surface area (Å²) in [7, 11) is 0. The summed E-state index contributed by atoms with van der Waals surface area (Å²) in [4.78, 5) is 13.1. The summed E-state index contributed by atoms with van der Waals surface area (Å²) < 4.78 is 0. The zero-order chi connectivity index (χ0) is 12.8. The molecular weight excluding hydrogens is 224 g/mol. The van der Waals surface area contributed by atoms with Crippen LogP contribution in [-0.2, 0) is 6.42 Å². The Morgan fingerprint density at radius 1 is 1.11 bits per heavy atom. The second-order valence-corrected chi connectivity index (χ2v) is 4.08. The minimum absolute atomic E-state index is 0.760. The zero-order valence-electron chi connectivity index (χ0n) is 10.8. The first kappa shape index (κ1) is 12.5. The fraction of sp³-hybridized carbons (Fsp3) is 0.357. The second-order valence-electron chi connectivity index (χ2n) is 4.08. The molecule has 0 unspecified atom stereocenters. The average Bonchev–Trinajstić information content (AvgIpc) is 2.45. The quantitative estimate of drug-likeness (QED) is 0.875. The van der Waals surface area contributed by atoms with Crippen LogP contribution in [0.5, 0.6) is 0 Å². The number of pyridine rings is 1. The largest absolute Gasteiger partial charge is 0.370 e. The number of rotatable bonds is 5. The molecule has 0 radical (unpaired) electrons. The van der Waals surface area contributed by atoms with E-state index in [0.717, 1.165) is 42.3 Å². The molecule has 4 nitrogen and oxygen atoms in total. The number of hydrogen-bond donors (Lipinski definition) is 1. The van der Waals surface area contributed by atoms with Gasteiger partial charge in [-0.2, -0.15) is 0 Å². The van der Waals surface area contributed by atoms with Crippen molar-refractivity contribution in [2.45, 2.75) is 26.7 Å². The second kappa shape index (κ2) is 6.10. The Morgan fingerprint density at radius 3 is 2.56 bits per heavy atom. The maximum atomic E-state index is 4.55. The molecule has 0 amide bonds. The van der Waals surface area contributed by atoms with Gasteiger partial charge in [0.25, 0.3) is 0 Å². The molecule has 0 atom stereocenters. The van der Waals surface area contributed by atoms with E-state index in [9.17, 15) is 0 Å². The van der Waals surface area contributed by atoms with Crippen LogP contribution in [0.25, 0.3) is 11.4 Å². The maximum absolute atomic E-state index is 4.55. The Balaban J connectivity index is 2.35. The molecule has 2 aromatic heterocycles. The van der Waals surface area contributed by atoms with Gasteiger partial charge in [-0.15, -0.1) is 0 Å². The van der Waals surface area contributed by atoms with Crippen molar-refractivity contribution in [3.05, 3.63) is 36.3 Å². The Hall–Kier alpha value is -1.97. The third-order valence-corrected chi connectivity index (χ3v) is 2.64. The number of nitrogens with zero attached hydrogens (tertiary/aromatic N) is 3. The summed E-state index contributed by atoms with van der Waals surface area (Å²) in [6, 6.07) is 5.87. The molecule has 0 bridgehead atoms. The van der Waals surface area contributed by atoms with E-state index in [-0.39, 0.29) is 0 Å². The van der Waals surface area contributed by atoms with Gasteiger partial charge in [0, 0.05) is 36.3 Å². The van der Waals surface area contributed by atoms with Gasteiger partial charge in [-0.05, 0) is 25.0 Å². The SMILES string of the molecule is CCCNc1cc(CC)nc(-c2ccncc2)n1. The Kier molecular flexibility index (Phi) is 4.23. The van der Waals surface area contributed by atoms with Crippen LogP contribution in [0, 0.1) is 0 Å². The molecule has 0 spiro atoms. The Bertz CT molecular complexity index is 496. The van der Waals surface area contributed by atoms with Crippen LogP contribution in [0.1, 0.15) is 26.0 Å². The van der Waals surface area contributed by atoms with Gasteiger partial charge in [0.15, 0.2) is 5.82 Å². The molecule has 94 valence electrons. The molecule has 0 aliphatic carbocycles. The molecule has 0 aromatic carbocycles. The van der Waals surface area contributed by atoms with Crippen molar-refractivity contribution in [3.63, 3.8) is 0 Å². The summed E-state index contributed by atoms with van der Waals surface area (Å²) in [5.41, 5.74) is 2.05. The Morgan fingerprint density at radius 2 is 1.89 bits per heavy atom. The van der Waals surface area contributed by atoms with E-state index in [0.29, 0.717) is 0 Å². The molecule has 1 N–H and O–H groups in total. The first-order valence-electron chi connectivity index (χ1n) is 6.35. The van der Waals surface area contributed by atoms with E-state index in [1.165, 1.54) is 0 Å². The molecule has 0 aliphatic rings. The molecule has 0 fully saturated rings. The lowest BCUT2D eigenvalue weighted by Crippen LogP contribution is -2.05. The highest BCUT2D eigenvalue weighted by molar-refractivity contribution is 5.56. The normalized spacial score (nSPS) is 10.3. The monoisotopic (exact) mass is 242 g/mol. The summed E-state index contributed by atoms with van der Waals surface area (Å²) in [5.74, 6) is 1.66. The molecule has 4 heteroatoms.